The van der Waals surface area contributed by atoms with Crippen molar-refractivity contribution in [1.82, 2.24) is 5.32 Å². The first-order valence-electron chi connectivity index (χ1n) is 7.06. The van der Waals surface area contributed by atoms with Crippen LogP contribution in [-0.4, -0.2) is 30.4 Å². The number of carbonyl (C=O) groups excluding carboxylic acids is 2. The molecule has 0 aromatic carbocycles. The van der Waals surface area contributed by atoms with Gasteiger partial charge in [0.15, 0.2) is 5.78 Å². The van der Waals surface area contributed by atoms with Gasteiger partial charge >= 0.3 is 0 Å². The highest BCUT2D eigenvalue weighted by molar-refractivity contribution is 5.91. The summed E-state index contributed by atoms with van der Waals surface area (Å²) in [6.45, 7) is 6.90. The van der Waals surface area contributed by atoms with E-state index in [1.54, 1.807) is 13.0 Å². The fraction of sp³-hybridized carbons (Fsp3) is 0.500. The van der Waals surface area contributed by atoms with Crippen molar-refractivity contribution in [2.24, 2.45) is 5.92 Å². The predicted molar refractivity (Wildman–Crippen MR) is 77.2 cm³/mol. The molecule has 114 valence electrons. The molecule has 2 aliphatic carbocycles. The number of rotatable bonds is 4. The molecular weight excluding hydrogens is 273 g/mol. The second-order valence-corrected chi connectivity index (χ2v) is 5.42. The largest absolute Gasteiger partial charge is 0.366 e. The van der Waals surface area contributed by atoms with Gasteiger partial charge in [-0.05, 0) is 31.4 Å². The smallest absolute Gasteiger partial charge is 0.217 e. The van der Waals surface area contributed by atoms with Crippen molar-refractivity contribution < 1.29 is 18.7 Å². The Balaban J connectivity index is 2.29. The van der Waals surface area contributed by atoms with Crippen LogP contribution in [0.25, 0.3) is 0 Å². The molecule has 0 heterocycles. The van der Waals surface area contributed by atoms with Gasteiger partial charge in [0.2, 0.25) is 5.91 Å². The lowest BCUT2D eigenvalue weighted by atomic mass is 9.72. The molecule has 1 saturated carbocycles. The van der Waals surface area contributed by atoms with Crippen LogP contribution in [0.5, 0.6) is 0 Å². The highest BCUT2D eigenvalue weighted by Crippen LogP contribution is 2.39. The van der Waals surface area contributed by atoms with E-state index in [4.69, 9.17) is 4.74 Å². The van der Waals surface area contributed by atoms with E-state index in [9.17, 15) is 14.0 Å². The quantitative estimate of drug-likeness (QED) is 0.809. The van der Waals surface area contributed by atoms with Gasteiger partial charge in [0.1, 0.15) is 11.9 Å². The third-order valence-electron chi connectivity index (χ3n) is 3.99. The third kappa shape index (κ3) is 3.13. The average Bonchev–Trinajstić information content (AvgIpc) is 2.42. The number of ether oxygens (including phenoxy) is 1. The van der Waals surface area contributed by atoms with Crippen LogP contribution in [-0.2, 0) is 14.3 Å². The van der Waals surface area contributed by atoms with Crippen molar-refractivity contribution in [3.8, 4) is 0 Å². The van der Waals surface area contributed by atoms with Gasteiger partial charge in [-0.25, -0.2) is 4.39 Å². The summed E-state index contributed by atoms with van der Waals surface area (Å²) >= 11 is 0. The maximum Gasteiger partial charge on any atom is 0.217 e. The lowest BCUT2D eigenvalue weighted by Crippen LogP contribution is -2.49. The van der Waals surface area contributed by atoms with Gasteiger partial charge in [-0.1, -0.05) is 11.6 Å². The number of fused-ring (bicyclic) bond motifs is 1. The molecule has 5 heteroatoms. The molecule has 0 spiro atoms. The topological polar surface area (TPSA) is 55.4 Å². The van der Waals surface area contributed by atoms with Crippen molar-refractivity contribution in [3.63, 3.8) is 0 Å². The Morgan fingerprint density at radius 3 is 2.95 bits per heavy atom. The molecule has 0 aliphatic heterocycles. The standard InChI is InChI=1S/C16H20FNO3/c1-4-7-21-14-6-5-11-9(2)12(17)8-13(18-10(3)19)15(11)16(14)20/h4,8,13-15H,1,5-7H2,2-3H3,(H,18,19). The molecule has 2 rings (SSSR count). The van der Waals surface area contributed by atoms with Gasteiger partial charge < -0.3 is 10.1 Å². The molecule has 3 atom stereocenters. The van der Waals surface area contributed by atoms with Gasteiger partial charge in [-0.2, -0.15) is 0 Å². The number of nitrogens with one attached hydrogen (secondary N) is 1. The Labute approximate surface area is 123 Å². The molecule has 0 bridgehead atoms. The summed E-state index contributed by atoms with van der Waals surface area (Å²) in [5, 5.41) is 2.65. The van der Waals surface area contributed by atoms with Crippen molar-refractivity contribution in [1.29, 1.82) is 0 Å². The molecule has 1 N–H and O–H groups in total. The number of allylic oxidation sites excluding steroid dienone is 2. The minimum atomic E-state index is -0.635. The van der Waals surface area contributed by atoms with Crippen LogP contribution >= 0.6 is 0 Å². The van der Waals surface area contributed by atoms with Crippen molar-refractivity contribution in [3.05, 3.63) is 35.7 Å². The molecule has 1 amide bonds. The molecule has 4 nitrogen and oxygen atoms in total. The second-order valence-electron chi connectivity index (χ2n) is 5.42. The summed E-state index contributed by atoms with van der Waals surface area (Å²) in [5.41, 5.74) is 1.29. The number of amides is 1. The second kappa shape index (κ2) is 6.35. The monoisotopic (exact) mass is 293 g/mol. The number of halogens is 1. The first-order chi connectivity index (χ1) is 9.95. The Kier molecular flexibility index (Phi) is 4.73. The molecular formula is C16H20FNO3. The summed E-state index contributed by atoms with van der Waals surface area (Å²) in [6, 6.07) is -0.635. The van der Waals surface area contributed by atoms with Crippen molar-refractivity contribution >= 4 is 11.7 Å². The van der Waals surface area contributed by atoms with E-state index >= 15 is 0 Å². The molecule has 0 radical (unpaired) electrons. The van der Waals surface area contributed by atoms with Crippen LogP contribution < -0.4 is 5.32 Å². The normalized spacial score (nSPS) is 28.8. The molecule has 0 aromatic heterocycles. The molecule has 1 fully saturated rings. The highest BCUT2D eigenvalue weighted by Gasteiger charge is 2.42. The van der Waals surface area contributed by atoms with E-state index in [1.807, 2.05) is 0 Å². The van der Waals surface area contributed by atoms with Crippen LogP contribution in [0.3, 0.4) is 0 Å². The molecule has 3 unspecified atom stereocenters. The fourth-order valence-corrected chi connectivity index (χ4v) is 3.01. The van der Waals surface area contributed by atoms with E-state index in [2.05, 4.69) is 11.9 Å². The zero-order valence-electron chi connectivity index (χ0n) is 12.3. The predicted octanol–water partition coefficient (Wildman–Crippen LogP) is 2.22. The molecule has 0 aromatic rings. The first kappa shape index (κ1) is 15.6. The number of hydrogen-bond donors (Lipinski definition) is 1. The summed E-state index contributed by atoms with van der Waals surface area (Å²) in [4.78, 5) is 23.9. The Morgan fingerprint density at radius 1 is 1.62 bits per heavy atom. The van der Waals surface area contributed by atoms with Crippen LogP contribution in [0.2, 0.25) is 0 Å². The van der Waals surface area contributed by atoms with Crippen LogP contribution in [0.15, 0.2) is 35.7 Å². The van der Waals surface area contributed by atoms with E-state index in [0.29, 0.717) is 25.0 Å². The minimum Gasteiger partial charge on any atom is -0.366 e. The first-order valence-corrected chi connectivity index (χ1v) is 7.06. The third-order valence-corrected chi connectivity index (χ3v) is 3.99. The van der Waals surface area contributed by atoms with E-state index in [-0.39, 0.29) is 17.5 Å². The van der Waals surface area contributed by atoms with E-state index < -0.39 is 18.1 Å². The summed E-state index contributed by atoms with van der Waals surface area (Å²) in [6.07, 6.45) is 3.53. The summed E-state index contributed by atoms with van der Waals surface area (Å²) in [5.74, 6) is -1.28. The van der Waals surface area contributed by atoms with Crippen LogP contribution in [0, 0.1) is 5.92 Å². The van der Waals surface area contributed by atoms with Gasteiger partial charge in [-0.3, -0.25) is 9.59 Å². The van der Waals surface area contributed by atoms with E-state index in [0.717, 1.165) is 5.57 Å². The Bertz CT molecular complexity index is 536. The molecule has 0 saturated heterocycles. The van der Waals surface area contributed by atoms with Gasteiger partial charge in [0.25, 0.3) is 0 Å². The van der Waals surface area contributed by atoms with Crippen molar-refractivity contribution in [2.45, 2.75) is 38.8 Å². The SMILES string of the molecule is C=CCOC1CCC2=C(C)C(F)=CC(NC(C)=O)C2C1=O. The average molecular weight is 293 g/mol. The zero-order valence-corrected chi connectivity index (χ0v) is 12.3. The number of hydrogen-bond acceptors (Lipinski definition) is 3. The summed E-state index contributed by atoms with van der Waals surface area (Å²) in [7, 11) is 0. The fourth-order valence-electron chi connectivity index (χ4n) is 3.01. The number of ketones is 1. The lowest BCUT2D eigenvalue weighted by molar-refractivity contribution is -0.135. The maximum atomic E-state index is 14.0. The van der Waals surface area contributed by atoms with Gasteiger partial charge in [0.05, 0.1) is 18.6 Å². The van der Waals surface area contributed by atoms with Crippen LogP contribution in [0.4, 0.5) is 4.39 Å². The molecule has 2 aliphatic rings. The highest BCUT2D eigenvalue weighted by atomic mass is 19.1. The van der Waals surface area contributed by atoms with Gasteiger partial charge in [-0.15, -0.1) is 6.58 Å². The van der Waals surface area contributed by atoms with E-state index in [1.165, 1.54) is 13.0 Å². The molecule has 21 heavy (non-hydrogen) atoms. The van der Waals surface area contributed by atoms with Gasteiger partial charge in [0, 0.05) is 6.92 Å². The number of Topliss-reactive ketones (excluding diaryl/α,β-unsaturated/α-hetero) is 1. The maximum absolute atomic E-state index is 14.0. The Hall–Kier alpha value is -1.75. The summed E-state index contributed by atoms with van der Waals surface area (Å²) < 4.78 is 19.5. The zero-order chi connectivity index (χ0) is 15.6. The number of carbonyl (C=O) groups is 2. The van der Waals surface area contributed by atoms with Crippen LogP contribution in [0.1, 0.15) is 26.7 Å². The lowest BCUT2D eigenvalue weighted by Gasteiger charge is -2.37. The van der Waals surface area contributed by atoms with Crippen molar-refractivity contribution in [2.75, 3.05) is 6.61 Å². The Morgan fingerprint density at radius 2 is 2.33 bits per heavy atom. The minimum absolute atomic E-state index is 0.0973.